The molecule has 144 valence electrons. The average Bonchev–Trinajstić information content (AvgIpc) is 2.91. The second-order valence-corrected chi connectivity index (χ2v) is 6.70. The van der Waals surface area contributed by atoms with Crippen molar-refractivity contribution in [2.24, 2.45) is 0 Å². The van der Waals surface area contributed by atoms with Crippen molar-refractivity contribution in [1.29, 1.82) is 0 Å². The van der Waals surface area contributed by atoms with Crippen LogP contribution in [0, 0.1) is 0 Å². The molecule has 0 spiro atoms. The molecule has 0 atom stereocenters. The van der Waals surface area contributed by atoms with Crippen LogP contribution in [-0.2, 0) is 6.18 Å². The number of halogens is 4. The van der Waals surface area contributed by atoms with E-state index in [4.69, 9.17) is 11.6 Å². The molecule has 1 saturated heterocycles. The molecule has 1 N–H and O–H groups in total. The number of amides is 1. The number of carbonyl (C=O) groups excluding carboxylic acids is 1. The number of nitrogens with one attached hydrogen (secondary N) is 1. The Hall–Kier alpha value is -2.35. The summed E-state index contributed by atoms with van der Waals surface area (Å²) in [5, 5.41) is 2.31. The molecule has 0 aliphatic carbocycles. The van der Waals surface area contributed by atoms with Gasteiger partial charge in [-0.3, -0.25) is 4.79 Å². The van der Waals surface area contributed by atoms with Crippen LogP contribution in [0.5, 0.6) is 0 Å². The topological polar surface area (TPSA) is 58.1 Å². The van der Waals surface area contributed by atoms with E-state index in [9.17, 15) is 18.0 Å². The van der Waals surface area contributed by atoms with Crippen LogP contribution in [-0.4, -0.2) is 33.9 Å². The van der Waals surface area contributed by atoms with Crippen LogP contribution < -0.4 is 5.32 Å². The van der Waals surface area contributed by atoms with Crippen molar-refractivity contribution in [3.8, 4) is 0 Å². The minimum atomic E-state index is -4.57. The molecule has 2 heterocycles. The number of hydrogen-bond acceptors (Lipinski definition) is 4. The lowest BCUT2D eigenvalue weighted by molar-refractivity contribution is -0.137. The molecular weight excluding hydrogens is 381 g/mol. The number of aromatic nitrogens is 2. The van der Waals surface area contributed by atoms with Crippen molar-refractivity contribution in [3.63, 3.8) is 0 Å². The molecule has 27 heavy (non-hydrogen) atoms. The average molecular weight is 399 g/mol. The normalized spacial score (nSPS) is 15.3. The molecule has 1 aliphatic rings. The Bertz CT molecular complexity index is 820. The molecule has 1 amide bonds. The highest BCUT2D eigenvalue weighted by Gasteiger charge is 2.33. The summed E-state index contributed by atoms with van der Waals surface area (Å²) in [5.74, 6) is -0.152. The second-order valence-electron chi connectivity index (χ2n) is 6.29. The molecule has 1 aromatic heterocycles. The first-order valence-electron chi connectivity index (χ1n) is 8.61. The van der Waals surface area contributed by atoms with E-state index in [1.165, 1.54) is 18.3 Å². The molecule has 0 radical (unpaired) electrons. The maximum atomic E-state index is 13.0. The van der Waals surface area contributed by atoms with Crippen LogP contribution in [0.15, 0.2) is 30.5 Å². The first kappa shape index (κ1) is 19.4. The highest BCUT2D eigenvalue weighted by atomic mass is 35.5. The number of rotatable bonds is 3. The Morgan fingerprint density at radius 2 is 1.81 bits per heavy atom. The van der Waals surface area contributed by atoms with E-state index >= 15 is 0 Å². The maximum absolute atomic E-state index is 13.0. The fourth-order valence-electron chi connectivity index (χ4n) is 2.92. The van der Waals surface area contributed by atoms with Gasteiger partial charge >= 0.3 is 6.18 Å². The summed E-state index contributed by atoms with van der Waals surface area (Å²) in [7, 11) is 0. The van der Waals surface area contributed by atoms with Crippen LogP contribution in [0.1, 0.15) is 41.7 Å². The first-order chi connectivity index (χ1) is 12.8. The zero-order chi connectivity index (χ0) is 19.4. The van der Waals surface area contributed by atoms with Crippen molar-refractivity contribution in [2.75, 3.05) is 18.4 Å². The van der Waals surface area contributed by atoms with Gasteiger partial charge in [0, 0.05) is 25.0 Å². The third-order valence-electron chi connectivity index (χ3n) is 4.30. The highest BCUT2D eigenvalue weighted by molar-refractivity contribution is 6.31. The van der Waals surface area contributed by atoms with Gasteiger partial charge in [0.15, 0.2) is 0 Å². The number of anilines is 2. The molecule has 0 bridgehead atoms. The molecule has 0 saturated carbocycles. The fourth-order valence-corrected chi connectivity index (χ4v) is 3.15. The Morgan fingerprint density at radius 1 is 1.11 bits per heavy atom. The van der Waals surface area contributed by atoms with Gasteiger partial charge in [-0.2, -0.15) is 13.2 Å². The minimum absolute atomic E-state index is 0.0473. The molecule has 9 heteroatoms. The largest absolute Gasteiger partial charge is 0.417 e. The summed E-state index contributed by atoms with van der Waals surface area (Å²) in [5.41, 5.74) is -0.614. The summed E-state index contributed by atoms with van der Waals surface area (Å²) in [6.45, 7) is 1.36. The summed E-state index contributed by atoms with van der Waals surface area (Å²) in [4.78, 5) is 22.5. The molecule has 1 aliphatic heterocycles. The molecule has 5 nitrogen and oxygen atoms in total. The van der Waals surface area contributed by atoms with Crippen molar-refractivity contribution in [2.45, 2.75) is 31.9 Å². The maximum Gasteiger partial charge on any atom is 0.417 e. The van der Waals surface area contributed by atoms with Crippen LogP contribution in [0.4, 0.5) is 24.8 Å². The molecule has 2 aromatic rings. The van der Waals surface area contributed by atoms with Crippen LogP contribution >= 0.6 is 11.6 Å². The Morgan fingerprint density at radius 3 is 2.48 bits per heavy atom. The van der Waals surface area contributed by atoms with Gasteiger partial charge in [0.05, 0.1) is 10.6 Å². The van der Waals surface area contributed by atoms with E-state index < -0.39 is 11.7 Å². The second kappa shape index (κ2) is 8.12. The molecule has 3 rings (SSSR count). The Kier molecular flexibility index (Phi) is 5.84. The van der Waals surface area contributed by atoms with E-state index in [0.29, 0.717) is 13.1 Å². The lowest BCUT2D eigenvalue weighted by Crippen LogP contribution is -2.32. The van der Waals surface area contributed by atoms with Crippen molar-refractivity contribution in [1.82, 2.24) is 14.9 Å². The number of hydrogen-bond donors (Lipinski definition) is 1. The lowest BCUT2D eigenvalue weighted by atomic mass is 10.2. The Balaban J connectivity index is 1.79. The monoisotopic (exact) mass is 398 g/mol. The van der Waals surface area contributed by atoms with Gasteiger partial charge < -0.3 is 10.2 Å². The van der Waals surface area contributed by atoms with Crippen LogP contribution in [0.3, 0.4) is 0 Å². The van der Waals surface area contributed by atoms with Gasteiger partial charge in [0.1, 0.15) is 5.69 Å². The van der Waals surface area contributed by atoms with Crippen molar-refractivity contribution < 1.29 is 18.0 Å². The summed E-state index contributed by atoms with van der Waals surface area (Å²) in [6, 6.07) is 4.93. The molecular formula is C18H18ClF3N4O. The van der Waals surface area contributed by atoms with Gasteiger partial charge in [-0.25, -0.2) is 9.97 Å². The summed E-state index contributed by atoms with van der Waals surface area (Å²) >= 11 is 5.62. The lowest BCUT2D eigenvalue weighted by Gasteiger charge is -2.19. The first-order valence-corrected chi connectivity index (χ1v) is 8.98. The van der Waals surface area contributed by atoms with E-state index in [1.807, 2.05) is 0 Å². The van der Waals surface area contributed by atoms with Gasteiger partial charge in [0.2, 0.25) is 5.95 Å². The molecule has 1 aromatic carbocycles. The predicted molar refractivity (Wildman–Crippen MR) is 96.1 cm³/mol. The van der Waals surface area contributed by atoms with Crippen LogP contribution in [0.25, 0.3) is 0 Å². The van der Waals surface area contributed by atoms with E-state index in [1.54, 1.807) is 4.90 Å². The third-order valence-corrected chi connectivity index (χ3v) is 4.63. The minimum Gasteiger partial charge on any atom is -0.337 e. The van der Waals surface area contributed by atoms with Gasteiger partial charge in [-0.05, 0) is 37.1 Å². The van der Waals surface area contributed by atoms with Crippen LogP contribution in [0.2, 0.25) is 5.02 Å². The zero-order valence-electron chi connectivity index (χ0n) is 14.4. The van der Waals surface area contributed by atoms with Crippen molar-refractivity contribution >= 4 is 29.1 Å². The number of benzene rings is 1. The smallest absolute Gasteiger partial charge is 0.337 e. The quantitative estimate of drug-likeness (QED) is 0.798. The van der Waals surface area contributed by atoms with Gasteiger partial charge in [0.25, 0.3) is 5.91 Å². The SMILES string of the molecule is O=C(c1ccnc(Nc2ccc(Cl)c(C(F)(F)F)c2)n1)N1CCCCCC1. The molecule has 0 unspecified atom stereocenters. The van der Waals surface area contributed by atoms with E-state index in [0.717, 1.165) is 37.8 Å². The zero-order valence-corrected chi connectivity index (χ0v) is 15.1. The number of nitrogens with zero attached hydrogens (tertiary/aromatic N) is 3. The number of alkyl halides is 3. The standard InChI is InChI=1S/C18H18ClF3N4O/c19-14-6-5-12(11-13(14)18(20,21)22)24-17-23-8-7-15(25-17)16(27)26-9-3-1-2-4-10-26/h5-8,11H,1-4,9-10H2,(H,23,24,25). The van der Waals surface area contributed by atoms with E-state index in [-0.39, 0.29) is 28.3 Å². The highest BCUT2D eigenvalue weighted by Crippen LogP contribution is 2.36. The van der Waals surface area contributed by atoms with Gasteiger partial charge in [-0.15, -0.1) is 0 Å². The molecule has 1 fully saturated rings. The fraction of sp³-hybridized carbons (Fsp3) is 0.389. The number of likely N-dealkylation sites (tertiary alicyclic amines) is 1. The number of carbonyl (C=O) groups is 1. The predicted octanol–water partition coefficient (Wildman–Crippen LogP) is 4.91. The summed E-state index contributed by atoms with van der Waals surface area (Å²) < 4.78 is 38.9. The summed E-state index contributed by atoms with van der Waals surface area (Å²) in [6.07, 6.45) is 0.929. The third kappa shape index (κ3) is 4.88. The van der Waals surface area contributed by atoms with Gasteiger partial charge in [-0.1, -0.05) is 24.4 Å². The van der Waals surface area contributed by atoms with Crippen molar-refractivity contribution in [3.05, 3.63) is 46.7 Å². The Labute approximate surface area is 159 Å². The van der Waals surface area contributed by atoms with E-state index in [2.05, 4.69) is 15.3 Å².